The number of nitrogens with zero attached hydrogens (tertiary/aromatic N) is 1. The predicted octanol–water partition coefficient (Wildman–Crippen LogP) is 4.88. The van der Waals surface area contributed by atoms with E-state index in [2.05, 4.69) is 72.8 Å². The van der Waals surface area contributed by atoms with Crippen LogP contribution in [0.1, 0.15) is 57.9 Å². The van der Waals surface area contributed by atoms with E-state index in [0.29, 0.717) is 0 Å². The van der Waals surface area contributed by atoms with Crippen LogP contribution in [0, 0.1) is 23.7 Å². The molecule has 0 aliphatic heterocycles. The van der Waals surface area contributed by atoms with Crippen LogP contribution in [0.15, 0.2) is 30.3 Å². The Kier molecular flexibility index (Phi) is 10.8. The lowest BCUT2D eigenvalue weighted by Gasteiger charge is -2.20. The fourth-order valence-electron chi connectivity index (χ4n) is 2.14. The highest BCUT2D eigenvalue weighted by Gasteiger charge is 2.04. The molecule has 0 amide bonds. The molecule has 1 aromatic carbocycles. The minimum absolute atomic E-state index is 0.954. The van der Waals surface area contributed by atoms with E-state index in [1.165, 1.54) is 5.56 Å². The Morgan fingerprint density at radius 3 is 1.73 bits per heavy atom. The summed E-state index contributed by atoms with van der Waals surface area (Å²) in [6, 6.07) is 10.7. The first kappa shape index (κ1) is 18.3. The Bertz CT molecular complexity index is 467. The zero-order valence-electron chi connectivity index (χ0n) is 14.2. The molecular weight excluding hydrogens is 266 g/mol. The minimum atomic E-state index is 0.954. The summed E-state index contributed by atoms with van der Waals surface area (Å²) >= 11 is 0. The summed E-state index contributed by atoms with van der Waals surface area (Å²) in [5.41, 5.74) is 1.37. The average molecular weight is 295 g/mol. The summed E-state index contributed by atoms with van der Waals surface area (Å²) < 4.78 is 0. The third-order valence-corrected chi connectivity index (χ3v) is 3.36. The highest BCUT2D eigenvalue weighted by atomic mass is 15.1. The molecule has 0 aliphatic rings. The van der Waals surface area contributed by atoms with Crippen LogP contribution in [0.2, 0.25) is 0 Å². The third-order valence-electron chi connectivity index (χ3n) is 3.36. The van der Waals surface area contributed by atoms with Gasteiger partial charge in [0.1, 0.15) is 0 Å². The summed E-state index contributed by atoms with van der Waals surface area (Å²) in [7, 11) is 0. The van der Waals surface area contributed by atoms with Crippen molar-refractivity contribution >= 4 is 0 Å². The molecule has 1 rings (SSSR count). The number of benzene rings is 1. The molecule has 1 heteroatoms. The van der Waals surface area contributed by atoms with E-state index in [9.17, 15) is 0 Å². The maximum atomic E-state index is 3.29. The van der Waals surface area contributed by atoms with Gasteiger partial charge in [0.2, 0.25) is 0 Å². The number of hydrogen-bond donors (Lipinski definition) is 0. The molecule has 118 valence electrons. The van der Waals surface area contributed by atoms with Crippen molar-refractivity contribution in [3.05, 3.63) is 35.9 Å². The molecule has 0 aromatic heterocycles. The van der Waals surface area contributed by atoms with Crippen LogP contribution in [0.4, 0.5) is 0 Å². The second kappa shape index (κ2) is 13.0. The molecule has 0 bridgehead atoms. The van der Waals surface area contributed by atoms with E-state index in [-0.39, 0.29) is 0 Å². The van der Waals surface area contributed by atoms with Crippen molar-refractivity contribution in [3.63, 3.8) is 0 Å². The van der Waals surface area contributed by atoms with Gasteiger partial charge in [-0.3, -0.25) is 4.90 Å². The van der Waals surface area contributed by atoms with Crippen molar-refractivity contribution in [2.75, 3.05) is 13.1 Å². The van der Waals surface area contributed by atoms with Gasteiger partial charge in [-0.25, -0.2) is 0 Å². The fourth-order valence-corrected chi connectivity index (χ4v) is 2.14. The molecule has 0 aliphatic carbocycles. The maximum absolute atomic E-state index is 3.29. The van der Waals surface area contributed by atoms with Gasteiger partial charge in [0.15, 0.2) is 0 Å². The first-order chi connectivity index (χ1) is 10.9. The third kappa shape index (κ3) is 9.28. The molecule has 0 spiro atoms. The van der Waals surface area contributed by atoms with E-state index in [4.69, 9.17) is 0 Å². The second-order valence-corrected chi connectivity index (χ2v) is 5.47. The molecule has 0 unspecified atom stereocenters. The largest absolute Gasteiger partial charge is 0.297 e. The topological polar surface area (TPSA) is 3.24 Å². The van der Waals surface area contributed by atoms with Crippen LogP contribution >= 0.6 is 0 Å². The van der Waals surface area contributed by atoms with Crippen molar-refractivity contribution < 1.29 is 0 Å². The normalized spacial score (nSPS) is 9.77. The molecule has 0 fully saturated rings. The molecule has 0 N–H and O–H groups in total. The molecule has 1 nitrogen and oxygen atoms in total. The van der Waals surface area contributed by atoms with E-state index < -0.39 is 0 Å². The lowest BCUT2D eigenvalue weighted by Crippen LogP contribution is -2.25. The van der Waals surface area contributed by atoms with Gasteiger partial charge >= 0.3 is 0 Å². The minimum Gasteiger partial charge on any atom is -0.297 e. The van der Waals surface area contributed by atoms with Gasteiger partial charge < -0.3 is 0 Å². The van der Waals surface area contributed by atoms with Gasteiger partial charge in [-0.05, 0) is 18.4 Å². The summed E-state index contributed by atoms with van der Waals surface area (Å²) in [5.74, 6) is 13.0. The Morgan fingerprint density at radius 2 is 1.23 bits per heavy atom. The quantitative estimate of drug-likeness (QED) is 0.618. The van der Waals surface area contributed by atoms with Gasteiger partial charge in [-0.2, -0.15) is 0 Å². The van der Waals surface area contributed by atoms with Crippen LogP contribution in [0.25, 0.3) is 0 Å². The molecule has 0 saturated heterocycles. The fraction of sp³-hybridized carbons (Fsp3) is 0.524. The highest BCUT2D eigenvalue weighted by Crippen LogP contribution is 2.05. The molecule has 1 aromatic rings. The van der Waals surface area contributed by atoms with Gasteiger partial charge in [-0.15, -0.1) is 23.7 Å². The second-order valence-electron chi connectivity index (χ2n) is 5.47. The molecule has 0 atom stereocenters. The Balaban J connectivity index is 2.46. The molecular formula is C21H29N. The summed E-state index contributed by atoms with van der Waals surface area (Å²) in [6.45, 7) is 7.39. The molecule has 22 heavy (non-hydrogen) atoms. The molecule has 0 heterocycles. The van der Waals surface area contributed by atoms with E-state index in [1.54, 1.807) is 0 Å². The lowest BCUT2D eigenvalue weighted by molar-refractivity contribution is 0.278. The van der Waals surface area contributed by atoms with Crippen LogP contribution in [-0.2, 0) is 6.54 Å². The highest BCUT2D eigenvalue weighted by molar-refractivity contribution is 5.14. The number of unbranched alkanes of at least 4 members (excludes halogenated alkanes) is 2. The van der Waals surface area contributed by atoms with Crippen molar-refractivity contribution in [3.8, 4) is 23.7 Å². The smallest absolute Gasteiger partial charge is 0.0234 e. The van der Waals surface area contributed by atoms with Crippen LogP contribution in [0.3, 0.4) is 0 Å². The Labute approximate surface area is 137 Å². The number of rotatable bonds is 8. The molecule has 0 saturated carbocycles. The molecule has 0 radical (unpaired) electrons. The van der Waals surface area contributed by atoms with Crippen molar-refractivity contribution in [1.29, 1.82) is 0 Å². The summed E-state index contributed by atoms with van der Waals surface area (Å²) in [6.07, 6.45) is 6.23. The van der Waals surface area contributed by atoms with Gasteiger partial charge in [0, 0.05) is 45.3 Å². The lowest BCUT2D eigenvalue weighted by atomic mass is 10.2. The zero-order valence-corrected chi connectivity index (χ0v) is 14.2. The van der Waals surface area contributed by atoms with Crippen LogP contribution in [0.5, 0.6) is 0 Å². The van der Waals surface area contributed by atoms with Crippen LogP contribution < -0.4 is 0 Å². The van der Waals surface area contributed by atoms with Crippen LogP contribution in [-0.4, -0.2) is 18.0 Å². The van der Waals surface area contributed by atoms with Crippen molar-refractivity contribution in [2.45, 2.75) is 58.9 Å². The Hall–Kier alpha value is -1.70. The van der Waals surface area contributed by atoms with E-state index in [1.807, 2.05) is 0 Å². The Morgan fingerprint density at radius 1 is 0.727 bits per heavy atom. The summed E-state index contributed by atoms with van der Waals surface area (Å²) in [5, 5.41) is 0. The van der Waals surface area contributed by atoms with Crippen molar-refractivity contribution in [2.24, 2.45) is 0 Å². The van der Waals surface area contributed by atoms with Gasteiger partial charge in [0.05, 0.1) is 0 Å². The summed E-state index contributed by atoms with van der Waals surface area (Å²) in [4.78, 5) is 2.47. The van der Waals surface area contributed by atoms with Crippen molar-refractivity contribution in [1.82, 2.24) is 4.90 Å². The SMILES string of the molecule is CCCC#CCCN(CCC#CCCC)Cc1ccccc1. The van der Waals surface area contributed by atoms with Gasteiger partial charge in [0.25, 0.3) is 0 Å². The monoisotopic (exact) mass is 295 g/mol. The van der Waals surface area contributed by atoms with E-state index in [0.717, 1.165) is 58.2 Å². The average Bonchev–Trinajstić information content (AvgIpc) is 2.55. The number of hydrogen-bond acceptors (Lipinski definition) is 1. The first-order valence-corrected chi connectivity index (χ1v) is 8.54. The predicted molar refractivity (Wildman–Crippen MR) is 96.3 cm³/mol. The van der Waals surface area contributed by atoms with E-state index >= 15 is 0 Å². The zero-order chi connectivity index (χ0) is 15.9. The standard InChI is InChI=1S/C21H29N/c1-3-5-7-9-14-18-22(19-15-10-8-6-4-2)20-21-16-12-11-13-17-21/h11-13,16-17H,3-6,14-15,18-20H2,1-2H3. The van der Waals surface area contributed by atoms with Gasteiger partial charge in [-0.1, -0.05) is 44.2 Å². The maximum Gasteiger partial charge on any atom is 0.0234 e. The first-order valence-electron chi connectivity index (χ1n) is 8.54.